The van der Waals surface area contributed by atoms with Gasteiger partial charge < -0.3 is 5.32 Å². The Labute approximate surface area is 75.2 Å². The standard InChI is InChI=1S/C8H11N3O2/c1-2-4-9-7(12)6-3-5-10-11-8(6)13/h3,5H,2,4H2,1H3,(H,9,12)(H,11,13). The van der Waals surface area contributed by atoms with Gasteiger partial charge in [0.05, 0.1) is 0 Å². The molecule has 5 heteroatoms. The van der Waals surface area contributed by atoms with Crippen molar-refractivity contribution in [3.05, 3.63) is 28.2 Å². The quantitative estimate of drug-likeness (QED) is 0.684. The molecule has 1 heterocycles. The zero-order chi connectivity index (χ0) is 9.68. The Hall–Kier alpha value is -1.65. The van der Waals surface area contributed by atoms with Gasteiger partial charge in [0.2, 0.25) is 0 Å². The maximum atomic E-state index is 11.3. The van der Waals surface area contributed by atoms with Crippen molar-refractivity contribution in [2.45, 2.75) is 13.3 Å². The van der Waals surface area contributed by atoms with Crippen molar-refractivity contribution in [3.8, 4) is 0 Å². The highest BCUT2D eigenvalue weighted by atomic mass is 16.2. The summed E-state index contributed by atoms with van der Waals surface area (Å²) in [5.74, 6) is -0.356. The highest BCUT2D eigenvalue weighted by molar-refractivity contribution is 5.93. The molecule has 5 nitrogen and oxygen atoms in total. The molecule has 1 aromatic heterocycles. The monoisotopic (exact) mass is 181 g/mol. The molecule has 0 aliphatic rings. The van der Waals surface area contributed by atoms with Gasteiger partial charge in [-0.1, -0.05) is 6.92 Å². The summed E-state index contributed by atoms with van der Waals surface area (Å²) < 4.78 is 0. The molecule has 0 saturated heterocycles. The van der Waals surface area contributed by atoms with Crippen LogP contribution in [0.15, 0.2) is 17.1 Å². The first-order chi connectivity index (χ1) is 6.25. The molecule has 2 N–H and O–H groups in total. The average molecular weight is 181 g/mol. The van der Waals surface area contributed by atoms with Gasteiger partial charge in [0.25, 0.3) is 11.5 Å². The summed E-state index contributed by atoms with van der Waals surface area (Å²) >= 11 is 0. The van der Waals surface area contributed by atoms with Crippen LogP contribution >= 0.6 is 0 Å². The normalized spacial score (nSPS) is 9.62. The molecule has 0 atom stereocenters. The van der Waals surface area contributed by atoms with Gasteiger partial charge in [0, 0.05) is 12.7 Å². The summed E-state index contributed by atoms with van der Waals surface area (Å²) in [5, 5.41) is 8.28. The second-order valence-electron chi connectivity index (χ2n) is 2.56. The molecule has 0 aromatic carbocycles. The molecule has 1 rings (SSSR count). The Bertz CT molecular complexity index is 345. The van der Waals surface area contributed by atoms with E-state index in [-0.39, 0.29) is 11.5 Å². The van der Waals surface area contributed by atoms with Gasteiger partial charge in [-0.15, -0.1) is 0 Å². The summed E-state index contributed by atoms with van der Waals surface area (Å²) in [6.45, 7) is 2.51. The number of aromatic nitrogens is 2. The van der Waals surface area contributed by atoms with Gasteiger partial charge in [0.1, 0.15) is 5.56 Å². The van der Waals surface area contributed by atoms with Crippen LogP contribution < -0.4 is 10.9 Å². The van der Waals surface area contributed by atoms with E-state index in [1.165, 1.54) is 12.3 Å². The number of carbonyl (C=O) groups excluding carboxylic acids is 1. The number of aromatic amines is 1. The molecule has 0 saturated carbocycles. The molecule has 0 unspecified atom stereocenters. The number of rotatable bonds is 3. The van der Waals surface area contributed by atoms with Gasteiger partial charge in [-0.25, -0.2) is 5.10 Å². The second kappa shape index (κ2) is 4.39. The summed E-state index contributed by atoms with van der Waals surface area (Å²) in [5.41, 5.74) is -0.362. The molecular weight excluding hydrogens is 170 g/mol. The van der Waals surface area contributed by atoms with Crippen LogP contribution in [0.25, 0.3) is 0 Å². The van der Waals surface area contributed by atoms with E-state index in [0.29, 0.717) is 6.54 Å². The summed E-state index contributed by atoms with van der Waals surface area (Å²) in [7, 11) is 0. The third-order valence-electron chi connectivity index (χ3n) is 1.51. The van der Waals surface area contributed by atoms with Crippen LogP contribution in [0.1, 0.15) is 23.7 Å². The highest BCUT2D eigenvalue weighted by Gasteiger charge is 2.07. The van der Waals surface area contributed by atoms with E-state index >= 15 is 0 Å². The smallest absolute Gasteiger partial charge is 0.277 e. The third-order valence-corrected chi connectivity index (χ3v) is 1.51. The maximum absolute atomic E-state index is 11.3. The zero-order valence-corrected chi connectivity index (χ0v) is 7.33. The Morgan fingerprint density at radius 1 is 1.69 bits per heavy atom. The SMILES string of the molecule is CCCNC(=O)c1ccn[nH]c1=O. The molecule has 1 aromatic rings. The Kier molecular flexibility index (Phi) is 3.19. The van der Waals surface area contributed by atoms with Crippen LogP contribution in [0.4, 0.5) is 0 Å². The Balaban J connectivity index is 2.77. The fourth-order valence-corrected chi connectivity index (χ4v) is 0.856. The van der Waals surface area contributed by atoms with E-state index in [1.807, 2.05) is 6.92 Å². The van der Waals surface area contributed by atoms with Crippen molar-refractivity contribution in [1.82, 2.24) is 15.5 Å². The molecule has 1 amide bonds. The molecule has 70 valence electrons. The molecule has 0 fully saturated rings. The predicted octanol–water partition coefficient (Wildman–Crippen LogP) is -0.0903. The Morgan fingerprint density at radius 2 is 2.46 bits per heavy atom. The largest absolute Gasteiger partial charge is 0.352 e. The molecule has 0 bridgehead atoms. The van der Waals surface area contributed by atoms with E-state index in [1.54, 1.807) is 0 Å². The van der Waals surface area contributed by atoms with Crippen LogP contribution in [0, 0.1) is 0 Å². The molecule has 0 radical (unpaired) electrons. The van der Waals surface area contributed by atoms with Gasteiger partial charge in [-0.2, -0.15) is 5.10 Å². The number of nitrogens with one attached hydrogen (secondary N) is 2. The fourth-order valence-electron chi connectivity index (χ4n) is 0.856. The van der Waals surface area contributed by atoms with E-state index < -0.39 is 5.56 Å². The first-order valence-corrected chi connectivity index (χ1v) is 4.07. The highest BCUT2D eigenvalue weighted by Crippen LogP contribution is 1.86. The number of H-pyrrole nitrogens is 1. The molecular formula is C8H11N3O2. The minimum Gasteiger partial charge on any atom is -0.352 e. The third kappa shape index (κ3) is 2.40. The minimum absolute atomic E-state index is 0.100. The van der Waals surface area contributed by atoms with Crippen molar-refractivity contribution in [1.29, 1.82) is 0 Å². The number of amides is 1. The van der Waals surface area contributed by atoms with Crippen LogP contribution in [-0.4, -0.2) is 22.6 Å². The summed E-state index contributed by atoms with van der Waals surface area (Å²) in [4.78, 5) is 22.3. The molecule has 0 aliphatic carbocycles. The van der Waals surface area contributed by atoms with Gasteiger partial charge in [0.15, 0.2) is 0 Å². The van der Waals surface area contributed by atoms with Crippen molar-refractivity contribution in [2.75, 3.05) is 6.54 Å². The van der Waals surface area contributed by atoms with Crippen LogP contribution in [0.2, 0.25) is 0 Å². The second-order valence-corrected chi connectivity index (χ2v) is 2.56. The fraction of sp³-hybridized carbons (Fsp3) is 0.375. The molecule has 0 spiro atoms. The van der Waals surface area contributed by atoms with Crippen LogP contribution in [0.5, 0.6) is 0 Å². The number of hydrogen-bond donors (Lipinski definition) is 2. The minimum atomic E-state index is -0.462. The van der Waals surface area contributed by atoms with Crippen molar-refractivity contribution in [3.63, 3.8) is 0 Å². The lowest BCUT2D eigenvalue weighted by atomic mass is 10.3. The first-order valence-electron chi connectivity index (χ1n) is 4.07. The lowest BCUT2D eigenvalue weighted by Gasteiger charge is -2.00. The van der Waals surface area contributed by atoms with E-state index in [0.717, 1.165) is 6.42 Å². The lowest BCUT2D eigenvalue weighted by Crippen LogP contribution is -2.30. The van der Waals surface area contributed by atoms with Crippen LogP contribution in [-0.2, 0) is 0 Å². The number of nitrogens with zero attached hydrogens (tertiary/aromatic N) is 1. The Morgan fingerprint density at radius 3 is 3.08 bits per heavy atom. The molecule has 0 aliphatic heterocycles. The van der Waals surface area contributed by atoms with E-state index in [2.05, 4.69) is 15.5 Å². The zero-order valence-electron chi connectivity index (χ0n) is 7.33. The van der Waals surface area contributed by atoms with Crippen molar-refractivity contribution < 1.29 is 4.79 Å². The summed E-state index contributed by atoms with van der Waals surface area (Å²) in [6.07, 6.45) is 2.22. The van der Waals surface area contributed by atoms with Gasteiger partial charge >= 0.3 is 0 Å². The van der Waals surface area contributed by atoms with Crippen molar-refractivity contribution in [2.24, 2.45) is 0 Å². The van der Waals surface area contributed by atoms with Crippen LogP contribution in [0.3, 0.4) is 0 Å². The average Bonchev–Trinajstić information content (AvgIpc) is 2.15. The first kappa shape index (κ1) is 9.44. The van der Waals surface area contributed by atoms with Gasteiger partial charge in [-0.3, -0.25) is 9.59 Å². The van der Waals surface area contributed by atoms with Gasteiger partial charge in [-0.05, 0) is 12.5 Å². The number of carbonyl (C=O) groups is 1. The predicted molar refractivity (Wildman–Crippen MR) is 47.5 cm³/mol. The number of hydrogen-bond acceptors (Lipinski definition) is 3. The maximum Gasteiger partial charge on any atom is 0.277 e. The summed E-state index contributed by atoms with van der Waals surface area (Å²) in [6, 6.07) is 1.39. The van der Waals surface area contributed by atoms with Crippen molar-refractivity contribution >= 4 is 5.91 Å². The van der Waals surface area contributed by atoms with E-state index in [4.69, 9.17) is 0 Å². The lowest BCUT2D eigenvalue weighted by molar-refractivity contribution is 0.0952. The molecule has 13 heavy (non-hydrogen) atoms. The topological polar surface area (TPSA) is 74.8 Å². The van der Waals surface area contributed by atoms with E-state index in [9.17, 15) is 9.59 Å².